The lowest BCUT2D eigenvalue weighted by molar-refractivity contribution is -0.143. The van der Waals surface area contributed by atoms with Crippen molar-refractivity contribution in [2.45, 2.75) is 75.7 Å². The second-order valence-electron chi connectivity index (χ2n) is 12.8. The lowest BCUT2D eigenvalue weighted by atomic mass is 9.80. The highest BCUT2D eigenvalue weighted by molar-refractivity contribution is 7.92. The molecule has 2 amide bonds. The molecule has 1 saturated heterocycles. The molecule has 4 aliphatic rings. The number of sulfonamides is 1. The highest BCUT2D eigenvalue weighted by atomic mass is 32.2. The van der Waals surface area contributed by atoms with Gasteiger partial charge >= 0.3 is 0 Å². The van der Waals surface area contributed by atoms with Crippen molar-refractivity contribution in [3.05, 3.63) is 53.6 Å². The Labute approximate surface area is 249 Å². The van der Waals surface area contributed by atoms with Gasteiger partial charge in [-0.3, -0.25) is 13.9 Å². The molecular formula is C33H43N3O5S. The Hall–Kier alpha value is -2.91. The molecule has 1 N–H and O–H groups in total. The zero-order chi connectivity index (χ0) is 29.5. The average Bonchev–Trinajstić information content (AvgIpc) is 3.58. The van der Waals surface area contributed by atoms with Crippen LogP contribution in [-0.2, 0) is 14.8 Å². The van der Waals surface area contributed by atoms with E-state index >= 15 is 0 Å². The van der Waals surface area contributed by atoms with Crippen molar-refractivity contribution in [1.29, 1.82) is 0 Å². The van der Waals surface area contributed by atoms with Gasteiger partial charge in [-0.25, -0.2) is 8.42 Å². The first-order chi connectivity index (χ1) is 20.1. The molecule has 1 atom stereocenters. The van der Waals surface area contributed by atoms with E-state index in [2.05, 4.69) is 6.07 Å². The zero-order valence-corrected chi connectivity index (χ0v) is 25.4. The van der Waals surface area contributed by atoms with Crippen LogP contribution in [-0.4, -0.2) is 79.7 Å². The standard InChI is InChI=1S/C33H43N3O5S/c1-42(40,41)36-23-29(25-8-6-4-2-3-5-7-9-25)28-22-27(14-15-30(28)36)24-10-12-26(13-11-24)31(37)34-18-20-35(21-19-34)32(38)33(39)16-17-33/h10-15,22,25,29,39H,2-9,16-21,23H2,1H3. The summed E-state index contributed by atoms with van der Waals surface area (Å²) in [6.45, 7) is 2.30. The van der Waals surface area contributed by atoms with Gasteiger partial charge in [0.05, 0.1) is 11.9 Å². The minimum Gasteiger partial charge on any atom is -0.380 e. The molecule has 42 heavy (non-hydrogen) atoms. The predicted molar refractivity (Wildman–Crippen MR) is 164 cm³/mol. The second kappa shape index (κ2) is 11.6. The molecule has 9 heteroatoms. The minimum absolute atomic E-state index is 0.0585. The molecule has 8 nitrogen and oxygen atoms in total. The number of aliphatic hydroxyl groups is 1. The monoisotopic (exact) mass is 593 g/mol. The summed E-state index contributed by atoms with van der Waals surface area (Å²) in [4.78, 5) is 29.1. The van der Waals surface area contributed by atoms with Gasteiger partial charge in [0, 0.05) is 44.2 Å². The van der Waals surface area contributed by atoms with Crippen LogP contribution in [0.4, 0.5) is 5.69 Å². The fourth-order valence-corrected chi connectivity index (χ4v) is 8.10. The number of benzene rings is 2. The number of carbonyl (C=O) groups excluding carboxylic acids is 2. The van der Waals surface area contributed by atoms with Crippen molar-refractivity contribution >= 4 is 27.5 Å². The van der Waals surface area contributed by atoms with Gasteiger partial charge in [0.15, 0.2) is 0 Å². The molecule has 0 radical (unpaired) electrons. The van der Waals surface area contributed by atoms with Crippen LogP contribution >= 0.6 is 0 Å². The number of piperazine rings is 1. The fraction of sp³-hybridized carbons (Fsp3) is 0.576. The molecule has 6 rings (SSSR count). The SMILES string of the molecule is CS(=O)(=O)N1CC(C2CCCCCCCC2)c2cc(-c3ccc(C(=O)N4CCN(C(=O)C5(O)CC5)CC4)cc3)ccc21. The molecule has 2 aromatic carbocycles. The number of hydrogen-bond acceptors (Lipinski definition) is 5. The van der Waals surface area contributed by atoms with Gasteiger partial charge in [0.2, 0.25) is 10.0 Å². The molecule has 2 saturated carbocycles. The Bertz CT molecular complexity index is 1420. The minimum atomic E-state index is -3.37. The number of hydrogen-bond donors (Lipinski definition) is 1. The van der Waals surface area contributed by atoms with E-state index in [1.807, 2.05) is 36.4 Å². The highest BCUT2D eigenvalue weighted by Gasteiger charge is 2.50. The molecule has 0 spiro atoms. The summed E-state index contributed by atoms with van der Waals surface area (Å²) in [6.07, 6.45) is 12.2. The number of fused-ring (bicyclic) bond motifs is 1. The highest BCUT2D eigenvalue weighted by Crippen LogP contribution is 2.46. The van der Waals surface area contributed by atoms with E-state index in [1.54, 1.807) is 14.1 Å². The lowest BCUT2D eigenvalue weighted by Crippen LogP contribution is -2.53. The quantitative estimate of drug-likeness (QED) is 0.538. The maximum absolute atomic E-state index is 13.2. The number of amides is 2. The Morgan fingerprint density at radius 3 is 1.98 bits per heavy atom. The number of anilines is 1. The maximum atomic E-state index is 13.2. The molecule has 2 aliphatic carbocycles. The Balaban J connectivity index is 1.18. The zero-order valence-electron chi connectivity index (χ0n) is 24.6. The first-order valence-electron chi connectivity index (χ1n) is 15.7. The normalized spacial score (nSPS) is 23.1. The fourth-order valence-electron chi connectivity index (χ4n) is 7.14. The Morgan fingerprint density at radius 2 is 1.38 bits per heavy atom. The summed E-state index contributed by atoms with van der Waals surface area (Å²) >= 11 is 0. The molecule has 2 heterocycles. The van der Waals surface area contributed by atoms with Gasteiger partial charge in [-0.15, -0.1) is 0 Å². The van der Waals surface area contributed by atoms with Crippen molar-refractivity contribution in [3.8, 4) is 11.1 Å². The van der Waals surface area contributed by atoms with E-state index in [4.69, 9.17) is 0 Å². The van der Waals surface area contributed by atoms with Crippen LogP contribution in [0.5, 0.6) is 0 Å². The van der Waals surface area contributed by atoms with E-state index in [9.17, 15) is 23.1 Å². The average molecular weight is 594 g/mol. The number of rotatable bonds is 5. The van der Waals surface area contributed by atoms with Gasteiger partial charge in [-0.2, -0.15) is 0 Å². The first kappa shape index (κ1) is 29.2. The Morgan fingerprint density at radius 1 is 0.810 bits per heavy atom. The third kappa shape index (κ3) is 5.95. The van der Waals surface area contributed by atoms with Gasteiger partial charge in [0.1, 0.15) is 5.60 Å². The summed E-state index contributed by atoms with van der Waals surface area (Å²) < 4.78 is 27.1. The molecular weight excluding hydrogens is 550 g/mol. The van der Waals surface area contributed by atoms with Crippen molar-refractivity contribution in [3.63, 3.8) is 0 Å². The van der Waals surface area contributed by atoms with Crippen LogP contribution in [0.1, 0.15) is 86.0 Å². The smallest absolute Gasteiger partial charge is 0.254 e. The van der Waals surface area contributed by atoms with Crippen LogP contribution in [0.25, 0.3) is 11.1 Å². The largest absolute Gasteiger partial charge is 0.380 e. The van der Waals surface area contributed by atoms with E-state index in [0.29, 0.717) is 57.0 Å². The molecule has 226 valence electrons. The summed E-state index contributed by atoms with van der Waals surface area (Å²) in [5.74, 6) is 0.406. The van der Waals surface area contributed by atoms with E-state index in [-0.39, 0.29) is 17.7 Å². The molecule has 0 bridgehead atoms. The van der Waals surface area contributed by atoms with Gasteiger partial charge in [-0.05, 0) is 72.6 Å². The van der Waals surface area contributed by atoms with Crippen LogP contribution in [0.15, 0.2) is 42.5 Å². The summed E-state index contributed by atoms with van der Waals surface area (Å²) in [5.41, 5.74) is 3.40. The van der Waals surface area contributed by atoms with Crippen LogP contribution in [0, 0.1) is 5.92 Å². The Kier molecular flexibility index (Phi) is 8.09. The molecule has 2 aliphatic heterocycles. The van der Waals surface area contributed by atoms with Crippen molar-refractivity contribution in [2.24, 2.45) is 5.92 Å². The van der Waals surface area contributed by atoms with E-state index in [0.717, 1.165) is 35.2 Å². The van der Waals surface area contributed by atoms with Gasteiger partial charge in [0.25, 0.3) is 11.8 Å². The molecule has 3 fully saturated rings. The number of nitrogens with zero attached hydrogens (tertiary/aromatic N) is 3. The molecule has 2 aromatic rings. The topological polar surface area (TPSA) is 98.2 Å². The second-order valence-corrected chi connectivity index (χ2v) is 14.7. The maximum Gasteiger partial charge on any atom is 0.254 e. The molecule has 1 unspecified atom stereocenters. The van der Waals surface area contributed by atoms with E-state index in [1.165, 1.54) is 44.8 Å². The lowest BCUT2D eigenvalue weighted by Gasteiger charge is -2.35. The third-order valence-corrected chi connectivity index (χ3v) is 11.0. The van der Waals surface area contributed by atoms with Gasteiger partial charge < -0.3 is 14.9 Å². The van der Waals surface area contributed by atoms with Crippen LogP contribution in [0.3, 0.4) is 0 Å². The van der Waals surface area contributed by atoms with E-state index < -0.39 is 15.6 Å². The van der Waals surface area contributed by atoms with Crippen LogP contribution in [0.2, 0.25) is 0 Å². The first-order valence-corrected chi connectivity index (χ1v) is 17.5. The van der Waals surface area contributed by atoms with Crippen molar-refractivity contribution < 1.29 is 23.1 Å². The van der Waals surface area contributed by atoms with Crippen molar-refractivity contribution in [1.82, 2.24) is 9.80 Å². The summed E-state index contributed by atoms with van der Waals surface area (Å²) in [6, 6.07) is 13.8. The van der Waals surface area contributed by atoms with Crippen molar-refractivity contribution in [2.75, 3.05) is 43.3 Å². The molecule has 0 aromatic heterocycles. The third-order valence-electron chi connectivity index (χ3n) is 9.87. The summed E-state index contributed by atoms with van der Waals surface area (Å²) in [5, 5.41) is 10.1. The summed E-state index contributed by atoms with van der Waals surface area (Å²) in [7, 11) is -3.37. The predicted octanol–water partition coefficient (Wildman–Crippen LogP) is 4.78. The van der Waals surface area contributed by atoms with Gasteiger partial charge in [-0.1, -0.05) is 56.7 Å². The number of carbonyl (C=O) groups is 2. The van der Waals surface area contributed by atoms with Crippen LogP contribution < -0.4 is 4.31 Å².